The molecule has 0 fully saturated rings. The van der Waals surface area contributed by atoms with Crippen molar-refractivity contribution in [1.82, 2.24) is 0 Å². The molecule has 3 nitrogen and oxygen atoms in total. The van der Waals surface area contributed by atoms with Crippen LogP contribution in [-0.2, 0) is 9.53 Å². The fourth-order valence-corrected chi connectivity index (χ4v) is 1.14. The van der Waals surface area contributed by atoms with E-state index in [9.17, 15) is 4.79 Å². The third-order valence-electron chi connectivity index (χ3n) is 2.33. The zero-order chi connectivity index (χ0) is 13.0. The maximum atomic E-state index is 11.7. The molecule has 0 spiro atoms. The van der Waals surface area contributed by atoms with E-state index in [0.29, 0.717) is 6.61 Å². The van der Waals surface area contributed by atoms with Crippen molar-refractivity contribution in [2.75, 3.05) is 6.61 Å². The summed E-state index contributed by atoms with van der Waals surface area (Å²) in [6.07, 6.45) is 0.807. The fourth-order valence-electron chi connectivity index (χ4n) is 1.14. The van der Waals surface area contributed by atoms with Crippen LogP contribution in [0, 0.1) is 28.1 Å². The second kappa shape index (κ2) is 5.34. The topological polar surface area (TPSA) is 50.1 Å². The van der Waals surface area contributed by atoms with Crippen LogP contribution < -0.4 is 0 Å². The molecule has 0 heterocycles. The average molecular weight is 225 g/mol. The van der Waals surface area contributed by atoms with Crippen molar-refractivity contribution in [2.45, 2.75) is 48.0 Å². The summed E-state index contributed by atoms with van der Waals surface area (Å²) in [5.74, 6) is -1.09. The van der Waals surface area contributed by atoms with Gasteiger partial charge < -0.3 is 4.74 Å². The molecule has 0 aromatic heterocycles. The molecule has 0 saturated heterocycles. The minimum Gasteiger partial charge on any atom is -0.465 e. The van der Waals surface area contributed by atoms with E-state index in [1.807, 2.05) is 26.8 Å². The molecule has 0 N–H and O–H groups in total. The van der Waals surface area contributed by atoms with Gasteiger partial charge in [-0.25, -0.2) is 0 Å². The van der Waals surface area contributed by atoms with Crippen molar-refractivity contribution in [2.24, 2.45) is 16.7 Å². The number of nitrogens with zero attached hydrogens (tertiary/aromatic N) is 1. The molecule has 0 aliphatic rings. The molecule has 0 bridgehead atoms. The van der Waals surface area contributed by atoms with Gasteiger partial charge in [0.1, 0.15) is 5.92 Å². The molecule has 0 radical (unpaired) electrons. The third-order valence-corrected chi connectivity index (χ3v) is 2.33. The van der Waals surface area contributed by atoms with Crippen molar-refractivity contribution >= 4 is 5.97 Å². The van der Waals surface area contributed by atoms with Gasteiger partial charge in [-0.15, -0.1) is 0 Å². The molecule has 0 amide bonds. The molecule has 1 atom stereocenters. The van der Waals surface area contributed by atoms with E-state index in [1.165, 1.54) is 0 Å². The van der Waals surface area contributed by atoms with Gasteiger partial charge in [0.15, 0.2) is 0 Å². The number of esters is 1. The van der Waals surface area contributed by atoms with E-state index in [2.05, 4.69) is 20.8 Å². The lowest BCUT2D eigenvalue weighted by atomic mass is 9.82. The molecule has 0 aliphatic heterocycles. The maximum Gasteiger partial charge on any atom is 0.323 e. The Hall–Kier alpha value is -1.04. The van der Waals surface area contributed by atoms with Gasteiger partial charge in [-0.2, -0.15) is 5.26 Å². The zero-order valence-corrected chi connectivity index (χ0v) is 11.3. The number of ether oxygens (including phenoxy) is 1. The lowest BCUT2D eigenvalue weighted by molar-refractivity contribution is -0.150. The standard InChI is InChI=1S/C13H23NO2/c1-12(2,3)7-8-16-11(15)10(9-14)13(4,5)6/h10H,7-8H2,1-6H3. The lowest BCUT2D eigenvalue weighted by Crippen LogP contribution is -2.29. The second-order valence-corrected chi connectivity index (χ2v) is 6.41. The van der Waals surface area contributed by atoms with Gasteiger partial charge in [-0.05, 0) is 17.3 Å². The number of hydrogen-bond acceptors (Lipinski definition) is 3. The molecule has 1 unspecified atom stereocenters. The van der Waals surface area contributed by atoms with E-state index in [0.717, 1.165) is 6.42 Å². The Morgan fingerprint density at radius 3 is 2.06 bits per heavy atom. The molecule has 0 saturated carbocycles. The minimum atomic E-state index is -0.688. The smallest absolute Gasteiger partial charge is 0.323 e. The first kappa shape index (κ1) is 15.0. The van der Waals surface area contributed by atoms with Gasteiger partial charge in [-0.3, -0.25) is 4.79 Å². The third kappa shape index (κ3) is 5.75. The molecule has 0 aliphatic carbocycles. The van der Waals surface area contributed by atoms with Crippen molar-refractivity contribution in [1.29, 1.82) is 5.26 Å². The highest BCUT2D eigenvalue weighted by Gasteiger charge is 2.32. The van der Waals surface area contributed by atoms with Gasteiger partial charge >= 0.3 is 5.97 Å². The Kier molecular flexibility index (Phi) is 4.99. The van der Waals surface area contributed by atoms with Crippen molar-refractivity contribution in [3.05, 3.63) is 0 Å². The molecule has 16 heavy (non-hydrogen) atoms. The largest absolute Gasteiger partial charge is 0.465 e. The van der Waals surface area contributed by atoms with E-state index in [4.69, 9.17) is 10.00 Å². The number of hydrogen-bond donors (Lipinski definition) is 0. The predicted molar refractivity (Wildman–Crippen MR) is 63.6 cm³/mol. The van der Waals surface area contributed by atoms with Gasteiger partial charge in [-0.1, -0.05) is 41.5 Å². The fraction of sp³-hybridized carbons (Fsp3) is 0.846. The quantitative estimate of drug-likeness (QED) is 0.693. The maximum absolute atomic E-state index is 11.7. The lowest BCUT2D eigenvalue weighted by Gasteiger charge is -2.24. The highest BCUT2D eigenvalue weighted by atomic mass is 16.5. The first-order chi connectivity index (χ1) is 7.08. The van der Waals surface area contributed by atoms with Crippen LogP contribution in [-0.4, -0.2) is 12.6 Å². The molecule has 0 aromatic rings. The minimum absolute atomic E-state index is 0.143. The summed E-state index contributed by atoms with van der Waals surface area (Å²) < 4.78 is 5.14. The normalized spacial score (nSPS) is 14.1. The van der Waals surface area contributed by atoms with Gasteiger partial charge in [0.2, 0.25) is 0 Å². The number of carbonyl (C=O) groups excluding carboxylic acids is 1. The van der Waals surface area contributed by atoms with E-state index < -0.39 is 11.9 Å². The molecule has 3 heteroatoms. The summed E-state index contributed by atoms with van der Waals surface area (Å²) in [6.45, 7) is 12.3. The SMILES string of the molecule is CC(C)(C)CCOC(=O)C(C#N)C(C)(C)C. The molecular formula is C13H23NO2. The van der Waals surface area contributed by atoms with E-state index in [1.54, 1.807) is 0 Å². The van der Waals surface area contributed by atoms with Crippen LogP contribution in [0.5, 0.6) is 0 Å². The van der Waals surface area contributed by atoms with Crippen molar-refractivity contribution in [3.8, 4) is 6.07 Å². The zero-order valence-electron chi connectivity index (χ0n) is 11.3. The Labute approximate surface area is 98.8 Å². The van der Waals surface area contributed by atoms with Crippen LogP contribution in [0.1, 0.15) is 48.0 Å². The second-order valence-electron chi connectivity index (χ2n) is 6.41. The van der Waals surface area contributed by atoms with Gasteiger partial charge in [0, 0.05) is 0 Å². The van der Waals surface area contributed by atoms with Crippen LogP contribution in [0.3, 0.4) is 0 Å². The summed E-state index contributed by atoms with van der Waals surface area (Å²) in [7, 11) is 0. The number of carbonyl (C=O) groups is 1. The Morgan fingerprint density at radius 2 is 1.75 bits per heavy atom. The molecule has 0 rings (SSSR count). The Bertz CT molecular complexity index is 276. The first-order valence-corrected chi connectivity index (χ1v) is 5.64. The summed E-state index contributed by atoms with van der Waals surface area (Å²) in [4.78, 5) is 11.7. The highest BCUT2D eigenvalue weighted by Crippen LogP contribution is 2.26. The average Bonchev–Trinajstić information content (AvgIpc) is 1.99. The monoisotopic (exact) mass is 225 g/mol. The summed E-state index contributed by atoms with van der Waals surface area (Å²) >= 11 is 0. The summed E-state index contributed by atoms with van der Waals surface area (Å²) in [5.41, 5.74) is -0.224. The highest BCUT2D eigenvalue weighted by molar-refractivity contribution is 5.76. The van der Waals surface area contributed by atoms with Crippen LogP contribution in [0.2, 0.25) is 0 Å². The molecular weight excluding hydrogens is 202 g/mol. The Balaban J connectivity index is 4.22. The van der Waals surface area contributed by atoms with Gasteiger partial charge in [0.05, 0.1) is 12.7 Å². The summed E-state index contributed by atoms with van der Waals surface area (Å²) in [5, 5.41) is 8.94. The first-order valence-electron chi connectivity index (χ1n) is 5.64. The van der Waals surface area contributed by atoms with Crippen LogP contribution in [0.15, 0.2) is 0 Å². The van der Waals surface area contributed by atoms with E-state index in [-0.39, 0.29) is 10.8 Å². The molecule has 92 valence electrons. The van der Waals surface area contributed by atoms with Gasteiger partial charge in [0.25, 0.3) is 0 Å². The predicted octanol–water partition coefficient (Wildman–Crippen LogP) is 3.15. The van der Waals surface area contributed by atoms with Crippen LogP contribution in [0.25, 0.3) is 0 Å². The van der Waals surface area contributed by atoms with E-state index >= 15 is 0 Å². The number of nitriles is 1. The summed E-state index contributed by atoms with van der Waals surface area (Å²) in [6, 6.07) is 2.01. The van der Waals surface area contributed by atoms with Crippen molar-refractivity contribution in [3.63, 3.8) is 0 Å². The van der Waals surface area contributed by atoms with Crippen molar-refractivity contribution < 1.29 is 9.53 Å². The van der Waals surface area contributed by atoms with Crippen LogP contribution in [0.4, 0.5) is 0 Å². The molecule has 0 aromatic carbocycles. The van der Waals surface area contributed by atoms with Crippen LogP contribution >= 0.6 is 0 Å². The number of rotatable bonds is 3. The Morgan fingerprint density at radius 1 is 1.25 bits per heavy atom.